The molecule has 1 amide bonds. The summed E-state index contributed by atoms with van der Waals surface area (Å²) < 4.78 is 11.2. The number of hydrogen-bond acceptors (Lipinski definition) is 7. The van der Waals surface area contributed by atoms with Crippen molar-refractivity contribution in [3.63, 3.8) is 0 Å². The number of hydrogen-bond donors (Lipinski definition) is 2. The summed E-state index contributed by atoms with van der Waals surface area (Å²) >= 11 is 0. The van der Waals surface area contributed by atoms with Gasteiger partial charge < -0.3 is 24.8 Å². The molecule has 2 heterocycles. The van der Waals surface area contributed by atoms with Crippen molar-refractivity contribution in [3.8, 4) is 5.88 Å². The molecule has 5 aliphatic rings. The van der Waals surface area contributed by atoms with Crippen LogP contribution in [0.1, 0.15) is 56.3 Å². The molecule has 30 heavy (non-hydrogen) atoms. The molecule has 1 aromatic rings. The van der Waals surface area contributed by atoms with E-state index in [-0.39, 0.29) is 24.2 Å². The SMILES string of the molecule is COc1nc(N2C[C@@H](C)O[C@@H](C)C2)ncc1C(=O)NC1C2CC3CC1CC(O)(C3)C2. The first-order valence-corrected chi connectivity index (χ1v) is 11.2. The van der Waals surface area contributed by atoms with Crippen molar-refractivity contribution in [2.24, 2.45) is 17.8 Å². The van der Waals surface area contributed by atoms with E-state index in [1.54, 1.807) is 6.20 Å². The number of methoxy groups -OCH3 is 1. The van der Waals surface area contributed by atoms with Gasteiger partial charge in [-0.3, -0.25) is 4.79 Å². The minimum atomic E-state index is -0.507. The highest BCUT2D eigenvalue weighted by Crippen LogP contribution is 2.55. The Kier molecular flexibility index (Phi) is 4.89. The monoisotopic (exact) mass is 416 g/mol. The second-order valence-corrected chi connectivity index (χ2v) is 9.95. The number of rotatable bonds is 4. The van der Waals surface area contributed by atoms with E-state index in [1.165, 1.54) is 7.11 Å². The lowest BCUT2D eigenvalue weighted by molar-refractivity contribution is -0.136. The fraction of sp³-hybridized carbons (Fsp3) is 0.773. The molecule has 1 aromatic heterocycles. The van der Waals surface area contributed by atoms with E-state index in [4.69, 9.17) is 9.47 Å². The third-order valence-corrected chi connectivity index (χ3v) is 7.42. The van der Waals surface area contributed by atoms with E-state index >= 15 is 0 Å². The van der Waals surface area contributed by atoms with Gasteiger partial charge in [0.25, 0.3) is 5.91 Å². The Hall–Kier alpha value is -1.93. The Morgan fingerprint density at radius 1 is 1.23 bits per heavy atom. The van der Waals surface area contributed by atoms with E-state index in [0.29, 0.717) is 48.2 Å². The molecule has 4 saturated carbocycles. The predicted octanol–water partition coefficient (Wildman–Crippen LogP) is 1.77. The average molecular weight is 417 g/mol. The van der Waals surface area contributed by atoms with E-state index in [2.05, 4.69) is 20.2 Å². The number of nitrogens with zero attached hydrogens (tertiary/aromatic N) is 3. The highest BCUT2D eigenvalue weighted by atomic mass is 16.5. The molecule has 5 fully saturated rings. The van der Waals surface area contributed by atoms with Gasteiger partial charge in [0, 0.05) is 25.3 Å². The Labute approximate surface area is 177 Å². The fourth-order valence-electron chi connectivity index (χ4n) is 6.61. The van der Waals surface area contributed by atoms with Crippen molar-refractivity contribution < 1.29 is 19.4 Å². The number of ether oxygens (including phenoxy) is 2. The van der Waals surface area contributed by atoms with Crippen molar-refractivity contribution in [2.75, 3.05) is 25.1 Å². The number of anilines is 1. The molecule has 0 spiro atoms. The van der Waals surface area contributed by atoms with Crippen LogP contribution in [0.15, 0.2) is 6.20 Å². The summed E-state index contributed by atoms with van der Waals surface area (Å²) in [5.74, 6) is 1.98. The van der Waals surface area contributed by atoms with E-state index in [0.717, 1.165) is 32.1 Å². The molecular formula is C22H32N4O4. The van der Waals surface area contributed by atoms with Crippen LogP contribution in [0.4, 0.5) is 5.95 Å². The molecule has 6 rings (SSSR count). The van der Waals surface area contributed by atoms with Crippen LogP contribution in [0.5, 0.6) is 5.88 Å². The average Bonchev–Trinajstić information content (AvgIpc) is 2.68. The number of aliphatic hydroxyl groups is 1. The van der Waals surface area contributed by atoms with Crippen molar-refractivity contribution in [2.45, 2.75) is 69.8 Å². The van der Waals surface area contributed by atoms with Crippen LogP contribution in [-0.4, -0.2) is 65.0 Å². The maximum absolute atomic E-state index is 13.1. The lowest BCUT2D eigenvalue weighted by Crippen LogP contribution is -2.61. The second-order valence-electron chi connectivity index (χ2n) is 9.95. The van der Waals surface area contributed by atoms with Crippen molar-refractivity contribution in [3.05, 3.63) is 11.8 Å². The molecule has 0 aromatic carbocycles. The zero-order chi connectivity index (χ0) is 21.0. The van der Waals surface area contributed by atoms with E-state index < -0.39 is 5.60 Å². The van der Waals surface area contributed by atoms with E-state index in [9.17, 15) is 9.90 Å². The van der Waals surface area contributed by atoms with Gasteiger partial charge in [0.1, 0.15) is 5.56 Å². The van der Waals surface area contributed by atoms with Crippen LogP contribution < -0.4 is 15.0 Å². The van der Waals surface area contributed by atoms with Gasteiger partial charge in [-0.1, -0.05) is 0 Å². The van der Waals surface area contributed by atoms with Gasteiger partial charge in [-0.05, 0) is 63.7 Å². The summed E-state index contributed by atoms with van der Waals surface area (Å²) in [6.07, 6.45) is 6.49. The Morgan fingerprint density at radius 3 is 2.50 bits per heavy atom. The number of aromatic nitrogens is 2. The zero-order valence-corrected chi connectivity index (χ0v) is 18.0. The topological polar surface area (TPSA) is 96.8 Å². The van der Waals surface area contributed by atoms with Crippen LogP contribution in [0.2, 0.25) is 0 Å². The summed E-state index contributed by atoms with van der Waals surface area (Å²) in [6, 6.07) is 0.111. The van der Waals surface area contributed by atoms with Crippen LogP contribution in [0.25, 0.3) is 0 Å². The quantitative estimate of drug-likeness (QED) is 0.772. The van der Waals surface area contributed by atoms with Gasteiger partial charge in [-0.2, -0.15) is 4.98 Å². The van der Waals surface area contributed by atoms with E-state index in [1.807, 2.05) is 13.8 Å². The summed E-state index contributed by atoms with van der Waals surface area (Å²) in [5.41, 5.74) is -0.143. The summed E-state index contributed by atoms with van der Waals surface area (Å²) in [4.78, 5) is 24.2. The molecule has 2 N–H and O–H groups in total. The first-order valence-electron chi connectivity index (χ1n) is 11.2. The van der Waals surface area contributed by atoms with Crippen molar-refractivity contribution in [1.82, 2.24) is 15.3 Å². The van der Waals surface area contributed by atoms with Crippen molar-refractivity contribution >= 4 is 11.9 Å². The predicted molar refractivity (Wildman–Crippen MR) is 111 cm³/mol. The largest absolute Gasteiger partial charge is 0.480 e. The lowest BCUT2D eigenvalue weighted by atomic mass is 9.52. The van der Waals surface area contributed by atoms with Gasteiger partial charge >= 0.3 is 0 Å². The molecule has 1 aliphatic heterocycles. The van der Waals surface area contributed by atoms with Crippen LogP contribution >= 0.6 is 0 Å². The van der Waals surface area contributed by atoms with Crippen LogP contribution in [0, 0.1) is 17.8 Å². The van der Waals surface area contributed by atoms with Gasteiger partial charge in [0.05, 0.1) is 24.9 Å². The summed E-state index contributed by atoms with van der Waals surface area (Å²) in [5, 5.41) is 14.0. The standard InChI is InChI=1S/C22H32N4O4/c1-12-10-26(11-13(2)30-12)21-23-9-17(20(25-21)29-3)19(27)24-18-15-4-14-5-16(18)8-22(28,6-14)7-15/h9,12-16,18,28H,4-8,10-11H2,1-3H3,(H,24,27)/t12-,13+,14?,15?,16?,18?,22?. The Balaban J connectivity index is 1.32. The van der Waals surface area contributed by atoms with Gasteiger partial charge in [0.15, 0.2) is 0 Å². The van der Waals surface area contributed by atoms with Gasteiger partial charge in [-0.25, -0.2) is 4.98 Å². The molecule has 8 nitrogen and oxygen atoms in total. The molecule has 0 radical (unpaired) electrons. The molecule has 4 aliphatic carbocycles. The maximum Gasteiger partial charge on any atom is 0.258 e. The highest BCUT2D eigenvalue weighted by molar-refractivity contribution is 5.96. The van der Waals surface area contributed by atoms with Crippen molar-refractivity contribution in [1.29, 1.82) is 0 Å². The zero-order valence-electron chi connectivity index (χ0n) is 18.0. The smallest absolute Gasteiger partial charge is 0.258 e. The molecule has 4 atom stereocenters. The second kappa shape index (κ2) is 7.34. The summed E-state index contributed by atoms with van der Waals surface area (Å²) in [6.45, 7) is 5.47. The fourth-order valence-corrected chi connectivity index (χ4v) is 6.61. The molecule has 164 valence electrons. The minimum absolute atomic E-state index is 0.0954. The molecular weight excluding hydrogens is 384 g/mol. The molecule has 8 heteroatoms. The molecule has 1 saturated heterocycles. The van der Waals surface area contributed by atoms with Gasteiger partial charge in [0.2, 0.25) is 11.8 Å². The van der Waals surface area contributed by atoms with Gasteiger partial charge in [-0.15, -0.1) is 0 Å². The van der Waals surface area contributed by atoms with Crippen LogP contribution in [0.3, 0.4) is 0 Å². The lowest BCUT2D eigenvalue weighted by Gasteiger charge is -2.58. The first kappa shape index (κ1) is 20.0. The summed E-state index contributed by atoms with van der Waals surface area (Å²) in [7, 11) is 1.53. The highest BCUT2D eigenvalue weighted by Gasteiger charge is 2.55. The molecule has 2 unspecified atom stereocenters. The Morgan fingerprint density at radius 2 is 1.90 bits per heavy atom. The minimum Gasteiger partial charge on any atom is -0.480 e. The van der Waals surface area contributed by atoms with Crippen LogP contribution in [-0.2, 0) is 4.74 Å². The number of amides is 1. The number of carbonyl (C=O) groups is 1. The normalized spacial score (nSPS) is 39.8. The third kappa shape index (κ3) is 3.54. The molecule has 4 bridgehead atoms. The maximum atomic E-state index is 13.1. The third-order valence-electron chi connectivity index (χ3n) is 7.42. The first-order chi connectivity index (χ1) is 14.3. The number of morpholine rings is 1. The Bertz CT molecular complexity index is 807. The number of nitrogens with one attached hydrogen (secondary N) is 1. The number of carbonyl (C=O) groups excluding carboxylic acids is 1.